The fraction of sp³-hybridized carbons (Fsp3) is 0.357. The number of halogens is 2. The van der Waals surface area contributed by atoms with Crippen molar-refractivity contribution in [3.63, 3.8) is 0 Å². The summed E-state index contributed by atoms with van der Waals surface area (Å²) in [6.45, 7) is 1.53. The molecule has 19 heavy (non-hydrogen) atoms. The van der Waals surface area contributed by atoms with Crippen LogP contribution in [0.1, 0.15) is 12.0 Å². The molecule has 5 heteroatoms. The number of carbonyl (C=O) groups is 1. The summed E-state index contributed by atoms with van der Waals surface area (Å²) in [5.41, 5.74) is 0.387. The second-order valence-electron chi connectivity index (χ2n) is 4.45. The summed E-state index contributed by atoms with van der Waals surface area (Å²) < 4.78 is 14.2. The van der Waals surface area contributed by atoms with Crippen molar-refractivity contribution in [3.05, 3.63) is 40.1 Å². The summed E-state index contributed by atoms with van der Waals surface area (Å²) >= 11 is 3.26. The minimum absolute atomic E-state index is 0.210. The molecule has 0 bridgehead atoms. The second-order valence-corrected chi connectivity index (χ2v) is 5.36. The lowest BCUT2D eigenvalue weighted by atomic mass is 10.2. The molecule has 1 aromatic carbocycles. The maximum Gasteiger partial charge on any atom is 0.244 e. The molecule has 3 nitrogen and oxygen atoms in total. The van der Waals surface area contributed by atoms with Gasteiger partial charge in [0.05, 0.1) is 0 Å². The van der Waals surface area contributed by atoms with Gasteiger partial charge in [-0.25, -0.2) is 4.39 Å². The highest BCUT2D eigenvalue weighted by molar-refractivity contribution is 9.10. The van der Waals surface area contributed by atoms with Gasteiger partial charge in [0.15, 0.2) is 0 Å². The van der Waals surface area contributed by atoms with Gasteiger partial charge in [-0.3, -0.25) is 4.79 Å². The zero-order valence-electron chi connectivity index (χ0n) is 11.1. The van der Waals surface area contributed by atoms with E-state index >= 15 is 0 Å². The van der Waals surface area contributed by atoms with Gasteiger partial charge in [0.2, 0.25) is 5.91 Å². The summed E-state index contributed by atoms with van der Waals surface area (Å²) in [4.78, 5) is 13.6. The summed E-state index contributed by atoms with van der Waals surface area (Å²) in [6, 6.07) is 4.61. The molecule has 104 valence electrons. The molecule has 1 aromatic rings. The predicted molar refractivity (Wildman–Crippen MR) is 79.3 cm³/mol. The van der Waals surface area contributed by atoms with E-state index in [0.29, 0.717) is 12.1 Å². The van der Waals surface area contributed by atoms with E-state index in [0.717, 1.165) is 17.4 Å². The zero-order chi connectivity index (χ0) is 14.3. The number of hydrogen-bond donors (Lipinski definition) is 1. The van der Waals surface area contributed by atoms with Crippen molar-refractivity contribution >= 4 is 27.9 Å². The number of rotatable bonds is 6. The van der Waals surface area contributed by atoms with Gasteiger partial charge in [0.1, 0.15) is 5.82 Å². The fourth-order valence-electron chi connectivity index (χ4n) is 1.47. The van der Waals surface area contributed by atoms with Crippen LogP contribution in [0.2, 0.25) is 0 Å². The quantitative estimate of drug-likeness (QED) is 0.643. The molecule has 0 unspecified atom stereocenters. The summed E-state index contributed by atoms with van der Waals surface area (Å²) in [5.74, 6) is -0.557. The Kier molecular flexibility index (Phi) is 6.73. The highest BCUT2D eigenvalue weighted by atomic mass is 79.9. The van der Waals surface area contributed by atoms with Crippen molar-refractivity contribution < 1.29 is 9.18 Å². The van der Waals surface area contributed by atoms with E-state index in [2.05, 4.69) is 26.1 Å². The molecule has 0 atom stereocenters. The first-order valence-electron chi connectivity index (χ1n) is 6.05. The van der Waals surface area contributed by atoms with E-state index in [9.17, 15) is 9.18 Å². The Balaban J connectivity index is 2.43. The van der Waals surface area contributed by atoms with E-state index in [1.54, 1.807) is 12.1 Å². The highest BCUT2D eigenvalue weighted by Gasteiger charge is 2.00. The summed E-state index contributed by atoms with van der Waals surface area (Å²) in [5, 5.41) is 2.76. The van der Waals surface area contributed by atoms with Crippen LogP contribution in [0, 0.1) is 5.82 Å². The van der Waals surface area contributed by atoms with Gasteiger partial charge in [-0.05, 0) is 51.3 Å². The van der Waals surface area contributed by atoms with E-state index in [1.807, 2.05) is 14.1 Å². The maximum atomic E-state index is 13.4. The molecule has 0 aliphatic carbocycles. The monoisotopic (exact) mass is 328 g/mol. The van der Waals surface area contributed by atoms with Gasteiger partial charge in [0, 0.05) is 22.7 Å². The van der Waals surface area contributed by atoms with Crippen LogP contribution in [-0.2, 0) is 4.79 Å². The van der Waals surface area contributed by atoms with Crippen molar-refractivity contribution in [1.82, 2.24) is 10.2 Å². The van der Waals surface area contributed by atoms with Gasteiger partial charge in [-0.1, -0.05) is 15.9 Å². The molecule has 0 saturated heterocycles. The summed E-state index contributed by atoms with van der Waals surface area (Å²) in [7, 11) is 3.97. The smallest absolute Gasteiger partial charge is 0.244 e. The van der Waals surface area contributed by atoms with Crippen LogP contribution in [0.25, 0.3) is 6.08 Å². The molecule has 0 spiro atoms. The largest absolute Gasteiger partial charge is 0.353 e. The van der Waals surface area contributed by atoms with Crippen LogP contribution in [0.15, 0.2) is 28.7 Å². The Morgan fingerprint density at radius 2 is 2.21 bits per heavy atom. The third-order valence-electron chi connectivity index (χ3n) is 2.45. The zero-order valence-corrected chi connectivity index (χ0v) is 12.7. The lowest BCUT2D eigenvalue weighted by Gasteiger charge is -2.08. The van der Waals surface area contributed by atoms with Crippen LogP contribution in [0.3, 0.4) is 0 Å². The SMILES string of the molecule is CN(C)CCCNC(=O)C=Cc1cc(Br)ccc1F. The number of amides is 1. The van der Waals surface area contributed by atoms with E-state index in [-0.39, 0.29) is 11.7 Å². The molecular weight excluding hydrogens is 311 g/mol. The third kappa shape index (κ3) is 6.50. The molecule has 0 aliphatic heterocycles. The van der Waals surface area contributed by atoms with Gasteiger partial charge in [0.25, 0.3) is 0 Å². The van der Waals surface area contributed by atoms with Crippen LogP contribution in [0.4, 0.5) is 4.39 Å². The Bertz CT molecular complexity index is 461. The topological polar surface area (TPSA) is 32.3 Å². The molecule has 0 heterocycles. The number of hydrogen-bond acceptors (Lipinski definition) is 2. The first-order valence-corrected chi connectivity index (χ1v) is 6.84. The van der Waals surface area contributed by atoms with E-state index < -0.39 is 0 Å². The number of benzene rings is 1. The van der Waals surface area contributed by atoms with Crippen LogP contribution in [-0.4, -0.2) is 38.0 Å². The van der Waals surface area contributed by atoms with Crippen molar-refractivity contribution in [3.8, 4) is 0 Å². The van der Waals surface area contributed by atoms with E-state index in [1.165, 1.54) is 18.2 Å². The lowest BCUT2D eigenvalue weighted by Crippen LogP contribution is -2.25. The molecule has 0 aromatic heterocycles. The Morgan fingerprint density at radius 3 is 2.89 bits per heavy atom. The summed E-state index contributed by atoms with van der Waals surface area (Å²) in [6.07, 6.45) is 3.71. The lowest BCUT2D eigenvalue weighted by molar-refractivity contribution is -0.116. The van der Waals surface area contributed by atoms with Crippen LogP contribution in [0.5, 0.6) is 0 Å². The first kappa shape index (κ1) is 15.9. The second kappa shape index (κ2) is 8.07. The molecular formula is C14H18BrFN2O. The van der Waals surface area contributed by atoms with Crippen molar-refractivity contribution in [2.24, 2.45) is 0 Å². The molecule has 1 rings (SSSR count). The number of carbonyl (C=O) groups excluding carboxylic acids is 1. The molecule has 0 radical (unpaired) electrons. The van der Waals surface area contributed by atoms with Crippen molar-refractivity contribution in [2.45, 2.75) is 6.42 Å². The average molecular weight is 329 g/mol. The average Bonchev–Trinajstić information content (AvgIpc) is 2.35. The van der Waals surface area contributed by atoms with Crippen molar-refractivity contribution in [2.75, 3.05) is 27.2 Å². The van der Waals surface area contributed by atoms with Crippen LogP contribution >= 0.6 is 15.9 Å². The standard InChI is InChI=1S/C14H18BrFN2O/c1-18(2)9-3-8-17-14(19)7-4-11-10-12(15)5-6-13(11)16/h4-7,10H,3,8-9H2,1-2H3,(H,17,19). The minimum atomic E-state index is -0.347. The predicted octanol–water partition coefficient (Wildman–Crippen LogP) is 2.67. The number of nitrogens with one attached hydrogen (secondary N) is 1. The number of nitrogens with zero attached hydrogens (tertiary/aromatic N) is 1. The minimum Gasteiger partial charge on any atom is -0.353 e. The molecule has 0 aliphatic rings. The van der Waals surface area contributed by atoms with Gasteiger partial charge < -0.3 is 10.2 Å². The normalized spacial score (nSPS) is 11.2. The Labute approximate surface area is 121 Å². The molecule has 0 fully saturated rings. The van der Waals surface area contributed by atoms with Crippen molar-refractivity contribution in [1.29, 1.82) is 0 Å². The fourth-order valence-corrected chi connectivity index (χ4v) is 1.85. The van der Waals surface area contributed by atoms with Gasteiger partial charge in [-0.2, -0.15) is 0 Å². The molecule has 1 amide bonds. The van der Waals surface area contributed by atoms with Gasteiger partial charge in [-0.15, -0.1) is 0 Å². The Morgan fingerprint density at radius 1 is 1.47 bits per heavy atom. The third-order valence-corrected chi connectivity index (χ3v) is 2.95. The molecule has 0 saturated carbocycles. The maximum absolute atomic E-state index is 13.4. The van der Waals surface area contributed by atoms with E-state index in [4.69, 9.17) is 0 Å². The van der Waals surface area contributed by atoms with Crippen LogP contribution < -0.4 is 5.32 Å². The Hall–Kier alpha value is -1.20. The first-order chi connectivity index (χ1) is 8.99. The highest BCUT2D eigenvalue weighted by Crippen LogP contribution is 2.16. The van der Waals surface area contributed by atoms with Gasteiger partial charge >= 0.3 is 0 Å². The molecule has 1 N–H and O–H groups in total.